The number of anilines is 1. The van der Waals surface area contributed by atoms with Crippen molar-refractivity contribution < 1.29 is 14.1 Å². The number of amides is 1. The van der Waals surface area contributed by atoms with Crippen molar-refractivity contribution in [3.05, 3.63) is 47.3 Å². The standard InChI is InChI=1S/C15H16N2O3/c1-9(2)14-8-13(17-20-14)15(19)16-12-6-4-11(5-7-12)10(3)18/h4-9H,1-3H3,(H,16,19). The number of nitrogens with zero attached hydrogens (tertiary/aromatic N) is 1. The molecule has 0 spiro atoms. The molecule has 5 nitrogen and oxygen atoms in total. The van der Waals surface area contributed by atoms with Crippen molar-refractivity contribution in [1.29, 1.82) is 0 Å². The molecule has 1 amide bonds. The monoisotopic (exact) mass is 272 g/mol. The lowest BCUT2D eigenvalue weighted by molar-refractivity contribution is 0.101. The van der Waals surface area contributed by atoms with Gasteiger partial charge in [0.25, 0.3) is 5.91 Å². The number of Topliss-reactive ketones (excluding diaryl/α,β-unsaturated/α-hetero) is 1. The molecule has 0 saturated heterocycles. The van der Waals surface area contributed by atoms with Crippen LogP contribution in [0.5, 0.6) is 0 Å². The Labute approximate surface area is 117 Å². The molecule has 0 atom stereocenters. The number of rotatable bonds is 4. The van der Waals surface area contributed by atoms with E-state index in [1.165, 1.54) is 6.92 Å². The number of ketones is 1. The van der Waals surface area contributed by atoms with Gasteiger partial charge in [0.05, 0.1) is 0 Å². The van der Waals surface area contributed by atoms with Crippen LogP contribution in [0.3, 0.4) is 0 Å². The quantitative estimate of drug-likeness (QED) is 0.867. The molecule has 1 heterocycles. The summed E-state index contributed by atoms with van der Waals surface area (Å²) in [5.41, 5.74) is 1.45. The summed E-state index contributed by atoms with van der Waals surface area (Å²) in [5.74, 6) is 0.498. The molecule has 1 N–H and O–H groups in total. The van der Waals surface area contributed by atoms with Gasteiger partial charge >= 0.3 is 0 Å². The molecule has 2 rings (SSSR count). The summed E-state index contributed by atoms with van der Waals surface area (Å²) in [5, 5.41) is 6.44. The van der Waals surface area contributed by atoms with E-state index in [1.54, 1.807) is 30.3 Å². The second kappa shape index (κ2) is 5.69. The average Bonchev–Trinajstić information content (AvgIpc) is 2.89. The van der Waals surface area contributed by atoms with E-state index in [2.05, 4.69) is 10.5 Å². The van der Waals surface area contributed by atoms with E-state index in [9.17, 15) is 9.59 Å². The number of nitrogens with one attached hydrogen (secondary N) is 1. The predicted octanol–water partition coefficient (Wildman–Crippen LogP) is 3.25. The summed E-state index contributed by atoms with van der Waals surface area (Å²) in [6.07, 6.45) is 0. The second-order valence-electron chi connectivity index (χ2n) is 4.86. The van der Waals surface area contributed by atoms with Crippen LogP contribution in [0.2, 0.25) is 0 Å². The van der Waals surface area contributed by atoms with Gasteiger partial charge in [0.15, 0.2) is 11.5 Å². The molecule has 0 fully saturated rings. The van der Waals surface area contributed by atoms with Gasteiger partial charge in [-0.05, 0) is 31.2 Å². The zero-order valence-corrected chi connectivity index (χ0v) is 11.6. The number of carbonyl (C=O) groups is 2. The summed E-state index contributed by atoms with van der Waals surface area (Å²) < 4.78 is 5.08. The van der Waals surface area contributed by atoms with E-state index in [0.717, 1.165) is 0 Å². The van der Waals surface area contributed by atoms with E-state index in [-0.39, 0.29) is 23.3 Å². The van der Waals surface area contributed by atoms with Crippen molar-refractivity contribution in [2.45, 2.75) is 26.7 Å². The molecule has 0 aliphatic rings. The lowest BCUT2D eigenvalue weighted by atomic mass is 10.1. The van der Waals surface area contributed by atoms with Gasteiger partial charge in [-0.1, -0.05) is 19.0 Å². The molecule has 0 aliphatic heterocycles. The Bertz CT molecular complexity index is 627. The maximum atomic E-state index is 12.0. The van der Waals surface area contributed by atoms with Crippen LogP contribution < -0.4 is 5.32 Å². The molecule has 0 saturated carbocycles. The third-order valence-electron chi connectivity index (χ3n) is 2.88. The number of hydrogen-bond acceptors (Lipinski definition) is 4. The molecule has 0 bridgehead atoms. The first kappa shape index (κ1) is 14.0. The van der Waals surface area contributed by atoms with Gasteiger partial charge in [0.1, 0.15) is 5.76 Å². The number of benzene rings is 1. The van der Waals surface area contributed by atoms with Crippen LogP contribution in [-0.2, 0) is 0 Å². The highest BCUT2D eigenvalue weighted by molar-refractivity contribution is 6.03. The molecule has 1 aromatic carbocycles. The van der Waals surface area contributed by atoms with Crippen molar-refractivity contribution in [2.24, 2.45) is 0 Å². The SMILES string of the molecule is CC(=O)c1ccc(NC(=O)c2cc(C(C)C)on2)cc1. The molecular weight excluding hydrogens is 256 g/mol. The van der Waals surface area contributed by atoms with Gasteiger partial charge in [-0.15, -0.1) is 0 Å². The molecule has 2 aromatic rings. The van der Waals surface area contributed by atoms with Crippen LogP contribution in [0.4, 0.5) is 5.69 Å². The smallest absolute Gasteiger partial charge is 0.277 e. The predicted molar refractivity (Wildman–Crippen MR) is 75.0 cm³/mol. The minimum atomic E-state index is -0.337. The Morgan fingerprint density at radius 2 is 1.85 bits per heavy atom. The zero-order chi connectivity index (χ0) is 14.7. The molecule has 1 aromatic heterocycles. The third kappa shape index (κ3) is 3.12. The Morgan fingerprint density at radius 1 is 1.20 bits per heavy atom. The van der Waals surface area contributed by atoms with Crippen LogP contribution >= 0.6 is 0 Å². The summed E-state index contributed by atoms with van der Waals surface area (Å²) in [4.78, 5) is 23.1. The van der Waals surface area contributed by atoms with E-state index in [0.29, 0.717) is 17.0 Å². The lowest BCUT2D eigenvalue weighted by Gasteiger charge is -2.03. The summed E-state index contributed by atoms with van der Waals surface area (Å²) in [6.45, 7) is 5.42. The van der Waals surface area contributed by atoms with Crippen LogP contribution in [-0.4, -0.2) is 16.8 Å². The Kier molecular flexibility index (Phi) is 3.98. The summed E-state index contributed by atoms with van der Waals surface area (Å²) in [7, 11) is 0. The van der Waals surface area contributed by atoms with Gasteiger partial charge < -0.3 is 9.84 Å². The third-order valence-corrected chi connectivity index (χ3v) is 2.88. The fourth-order valence-corrected chi connectivity index (χ4v) is 1.65. The highest BCUT2D eigenvalue weighted by atomic mass is 16.5. The number of hydrogen-bond donors (Lipinski definition) is 1. The Morgan fingerprint density at radius 3 is 2.35 bits per heavy atom. The largest absolute Gasteiger partial charge is 0.360 e. The molecular formula is C15H16N2O3. The van der Waals surface area contributed by atoms with Crippen LogP contribution in [0.1, 0.15) is 53.3 Å². The van der Waals surface area contributed by atoms with Crippen LogP contribution in [0.15, 0.2) is 34.9 Å². The van der Waals surface area contributed by atoms with Crippen LogP contribution in [0.25, 0.3) is 0 Å². The fourth-order valence-electron chi connectivity index (χ4n) is 1.65. The maximum absolute atomic E-state index is 12.0. The highest BCUT2D eigenvalue weighted by Gasteiger charge is 2.14. The van der Waals surface area contributed by atoms with Crippen molar-refractivity contribution >= 4 is 17.4 Å². The second-order valence-corrected chi connectivity index (χ2v) is 4.86. The van der Waals surface area contributed by atoms with E-state index >= 15 is 0 Å². The average molecular weight is 272 g/mol. The van der Waals surface area contributed by atoms with Crippen molar-refractivity contribution in [1.82, 2.24) is 5.16 Å². The number of carbonyl (C=O) groups excluding carboxylic acids is 2. The van der Waals surface area contributed by atoms with E-state index in [1.807, 2.05) is 13.8 Å². The van der Waals surface area contributed by atoms with Gasteiger partial charge in [-0.3, -0.25) is 9.59 Å². The van der Waals surface area contributed by atoms with Crippen molar-refractivity contribution in [3.8, 4) is 0 Å². The van der Waals surface area contributed by atoms with E-state index in [4.69, 9.17) is 4.52 Å². The Balaban J connectivity index is 2.08. The van der Waals surface area contributed by atoms with E-state index < -0.39 is 0 Å². The molecule has 0 radical (unpaired) electrons. The van der Waals surface area contributed by atoms with Crippen molar-refractivity contribution in [2.75, 3.05) is 5.32 Å². The normalized spacial score (nSPS) is 10.6. The zero-order valence-electron chi connectivity index (χ0n) is 11.6. The minimum Gasteiger partial charge on any atom is -0.360 e. The van der Waals surface area contributed by atoms with Gasteiger partial charge in [0, 0.05) is 23.2 Å². The first-order valence-electron chi connectivity index (χ1n) is 6.36. The molecule has 5 heteroatoms. The lowest BCUT2D eigenvalue weighted by Crippen LogP contribution is -2.12. The topological polar surface area (TPSA) is 72.2 Å². The van der Waals surface area contributed by atoms with Crippen LogP contribution in [0, 0.1) is 0 Å². The molecule has 0 aliphatic carbocycles. The minimum absolute atomic E-state index is 0.0130. The first-order chi connectivity index (χ1) is 9.47. The summed E-state index contributed by atoms with van der Waals surface area (Å²) in [6, 6.07) is 8.32. The fraction of sp³-hybridized carbons (Fsp3) is 0.267. The van der Waals surface area contributed by atoms with Gasteiger partial charge in [0.2, 0.25) is 0 Å². The molecule has 20 heavy (non-hydrogen) atoms. The summed E-state index contributed by atoms with van der Waals surface area (Å²) >= 11 is 0. The molecule has 0 unspecified atom stereocenters. The highest BCUT2D eigenvalue weighted by Crippen LogP contribution is 2.16. The number of aromatic nitrogens is 1. The van der Waals surface area contributed by atoms with Crippen molar-refractivity contribution in [3.63, 3.8) is 0 Å². The molecule has 104 valence electrons. The maximum Gasteiger partial charge on any atom is 0.277 e. The first-order valence-corrected chi connectivity index (χ1v) is 6.36. The van der Waals surface area contributed by atoms with Gasteiger partial charge in [-0.25, -0.2) is 0 Å². The Hall–Kier alpha value is -2.43. The van der Waals surface area contributed by atoms with Gasteiger partial charge in [-0.2, -0.15) is 0 Å².